The number of nitrogens with zero attached hydrogens (tertiary/aromatic N) is 1. The van der Waals surface area contributed by atoms with Crippen LogP contribution in [-0.2, 0) is 13.2 Å². The van der Waals surface area contributed by atoms with Crippen LogP contribution < -0.4 is 14.8 Å². The molecule has 36 heavy (non-hydrogen) atoms. The topological polar surface area (TPSA) is 80.7 Å². The van der Waals surface area contributed by atoms with Gasteiger partial charge >= 0.3 is 0 Å². The minimum atomic E-state index is -0.480. The van der Waals surface area contributed by atoms with Gasteiger partial charge in [0.1, 0.15) is 5.75 Å². The number of rotatable bonds is 8. The number of aromatic nitrogens is 1. The van der Waals surface area contributed by atoms with Crippen molar-refractivity contribution in [1.82, 2.24) is 10.3 Å². The van der Waals surface area contributed by atoms with E-state index in [-0.39, 0.29) is 30.9 Å². The Labute approximate surface area is 211 Å². The van der Waals surface area contributed by atoms with Crippen LogP contribution in [0.15, 0.2) is 54.7 Å². The number of nitrogens with one attached hydrogen (secondary N) is 1. The third-order valence-electron chi connectivity index (χ3n) is 6.57. The summed E-state index contributed by atoms with van der Waals surface area (Å²) in [6.45, 7) is -0.00756. The van der Waals surface area contributed by atoms with E-state index < -0.39 is 5.82 Å². The fourth-order valence-electron chi connectivity index (χ4n) is 4.60. The summed E-state index contributed by atoms with van der Waals surface area (Å²) < 4.78 is 25.5. The molecule has 4 rings (SSSR count). The number of amides is 1. The number of aliphatic hydroxyl groups is 1. The minimum Gasteiger partial charge on any atom is -0.494 e. The number of carbonyl (C=O) groups excluding carboxylic acids is 1. The third kappa shape index (κ3) is 6.40. The molecule has 1 aliphatic carbocycles. The first-order chi connectivity index (χ1) is 17.6. The summed E-state index contributed by atoms with van der Waals surface area (Å²) >= 11 is 0. The number of benzene rings is 2. The fraction of sp³-hybridized carbons (Fsp3) is 0.379. The molecule has 3 aromatic rings. The lowest BCUT2D eigenvalue weighted by Crippen LogP contribution is -2.25. The zero-order chi connectivity index (χ0) is 25.3. The van der Waals surface area contributed by atoms with Gasteiger partial charge in [-0.1, -0.05) is 31.4 Å². The van der Waals surface area contributed by atoms with E-state index in [1.54, 1.807) is 30.5 Å². The molecule has 1 fully saturated rings. The molecule has 0 unspecified atom stereocenters. The minimum absolute atomic E-state index is 0.0567. The average Bonchev–Trinajstić information content (AvgIpc) is 2.89. The van der Waals surface area contributed by atoms with Crippen LogP contribution in [0, 0.1) is 5.82 Å². The Bertz CT molecular complexity index is 1180. The predicted molar refractivity (Wildman–Crippen MR) is 136 cm³/mol. The molecule has 1 saturated carbocycles. The number of pyridine rings is 1. The number of hydrogen-bond donors (Lipinski definition) is 2. The molecule has 190 valence electrons. The zero-order valence-corrected chi connectivity index (χ0v) is 20.6. The first-order valence-corrected chi connectivity index (χ1v) is 12.6. The summed E-state index contributed by atoms with van der Waals surface area (Å²) in [5.74, 6) is -0.131. The van der Waals surface area contributed by atoms with E-state index in [1.165, 1.54) is 38.5 Å². The summed E-state index contributed by atoms with van der Waals surface area (Å²) in [4.78, 5) is 17.8. The molecule has 0 bridgehead atoms. The van der Waals surface area contributed by atoms with Crippen molar-refractivity contribution < 1.29 is 23.8 Å². The first kappa shape index (κ1) is 25.6. The van der Waals surface area contributed by atoms with Gasteiger partial charge in [0, 0.05) is 23.9 Å². The molecule has 1 aliphatic rings. The monoisotopic (exact) mass is 492 g/mol. The van der Waals surface area contributed by atoms with Crippen molar-refractivity contribution in [2.45, 2.75) is 64.2 Å². The summed E-state index contributed by atoms with van der Waals surface area (Å²) in [6.07, 6.45) is 9.53. The average molecular weight is 493 g/mol. The second-order valence-corrected chi connectivity index (χ2v) is 9.12. The predicted octanol–water partition coefficient (Wildman–Crippen LogP) is 5.81. The molecular weight excluding hydrogens is 459 g/mol. The van der Waals surface area contributed by atoms with Crippen molar-refractivity contribution in [3.63, 3.8) is 0 Å². The lowest BCUT2D eigenvalue weighted by Gasteiger charge is -2.23. The highest BCUT2D eigenvalue weighted by atomic mass is 19.1. The summed E-state index contributed by atoms with van der Waals surface area (Å²) in [6, 6.07) is 13.6. The fourth-order valence-corrected chi connectivity index (χ4v) is 4.60. The van der Waals surface area contributed by atoms with Gasteiger partial charge in [0.15, 0.2) is 11.6 Å². The highest BCUT2D eigenvalue weighted by molar-refractivity contribution is 5.98. The SMILES string of the molecule is COc1ccc(CNC(=O)c2cc(-c3ncccc3CO)ccc2OC2CCCCCCC2)cc1F. The molecule has 0 atom stereocenters. The van der Waals surface area contributed by atoms with Gasteiger partial charge < -0.3 is 19.9 Å². The van der Waals surface area contributed by atoms with E-state index in [9.17, 15) is 14.3 Å². The quantitative estimate of drug-likeness (QED) is 0.415. The number of halogens is 1. The van der Waals surface area contributed by atoms with Gasteiger partial charge in [0.25, 0.3) is 5.91 Å². The van der Waals surface area contributed by atoms with Crippen molar-refractivity contribution in [1.29, 1.82) is 0 Å². The Morgan fingerprint density at radius 2 is 1.81 bits per heavy atom. The van der Waals surface area contributed by atoms with Crippen LogP contribution in [0.4, 0.5) is 4.39 Å². The highest BCUT2D eigenvalue weighted by Crippen LogP contribution is 2.30. The largest absolute Gasteiger partial charge is 0.494 e. The molecular formula is C29H33FN2O4. The van der Waals surface area contributed by atoms with E-state index in [4.69, 9.17) is 9.47 Å². The highest BCUT2D eigenvalue weighted by Gasteiger charge is 2.20. The Kier molecular flexibility index (Phi) is 8.90. The molecule has 1 amide bonds. The molecule has 6 nitrogen and oxygen atoms in total. The van der Waals surface area contributed by atoms with E-state index in [1.807, 2.05) is 12.1 Å². The number of aliphatic hydroxyl groups excluding tert-OH is 1. The van der Waals surface area contributed by atoms with Gasteiger partial charge in [-0.2, -0.15) is 0 Å². The molecule has 2 aromatic carbocycles. The Morgan fingerprint density at radius 3 is 2.53 bits per heavy atom. The van der Waals surface area contributed by atoms with Gasteiger partial charge in [0.2, 0.25) is 0 Å². The van der Waals surface area contributed by atoms with Crippen LogP contribution >= 0.6 is 0 Å². The lowest BCUT2D eigenvalue weighted by molar-refractivity contribution is 0.0940. The summed E-state index contributed by atoms with van der Waals surface area (Å²) in [7, 11) is 1.41. The maximum absolute atomic E-state index is 14.1. The number of carbonyl (C=O) groups is 1. The third-order valence-corrected chi connectivity index (χ3v) is 6.57. The molecule has 0 spiro atoms. The first-order valence-electron chi connectivity index (χ1n) is 12.6. The van der Waals surface area contributed by atoms with Crippen LogP contribution in [-0.4, -0.2) is 29.2 Å². The second-order valence-electron chi connectivity index (χ2n) is 9.12. The molecule has 1 aromatic heterocycles. The Hall–Kier alpha value is -3.45. The van der Waals surface area contributed by atoms with Crippen LogP contribution in [0.5, 0.6) is 11.5 Å². The van der Waals surface area contributed by atoms with Crippen molar-refractivity contribution in [3.8, 4) is 22.8 Å². The smallest absolute Gasteiger partial charge is 0.255 e. The maximum atomic E-state index is 14.1. The molecule has 7 heteroatoms. The van der Waals surface area contributed by atoms with E-state index >= 15 is 0 Å². The van der Waals surface area contributed by atoms with Gasteiger partial charge in [0.05, 0.1) is 31.1 Å². The molecule has 0 saturated heterocycles. The lowest BCUT2D eigenvalue weighted by atomic mass is 9.98. The molecule has 1 heterocycles. The molecule has 0 radical (unpaired) electrons. The normalized spacial score (nSPS) is 14.5. The molecule has 0 aliphatic heterocycles. The molecule has 2 N–H and O–H groups in total. The van der Waals surface area contributed by atoms with Crippen molar-refractivity contribution >= 4 is 5.91 Å². The number of hydrogen-bond acceptors (Lipinski definition) is 5. The summed E-state index contributed by atoms with van der Waals surface area (Å²) in [5.41, 5.74) is 3.01. The Morgan fingerprint density at radius 1 is 1.06 bits per heavy atom. The van der Waals surface area contributed by atoms with E-state index in [2.05, 4.69) is 10.3 Å². The van der Waals surface area contributed by atoms with E-state index in [0.29, 0.717) is 33.7 Å². The van der Waals surface area contributed by atoms with Crippen LogP contribution in [0.25, 0.3) is 11.3 Å². The van der Waals surface area contributed by atoms with Crippen molar-refractivity contribution in [2.75, 3.05) is 7.11 Å². The summed E-state index contributed by atoms with van der Waals surface area (Å²) in [5, 5.41) is 12.7. The maximum Gasteiger partial charge on any atom is 0.255 e. The van der Waals surface area contributed by atoms with Gasteiger partial charge in [-0.15, -0.1) is 0 Å². The number of ether oxygens (including phenoxy) is 2. The van der Waals surface area contributed by atoms with Crippen molar-refractivity contribution in [2.24, 2.45) is 0 Å². The number of methoxy groups -OCH3 is 1. The van der Waals surface area contributed by atoms with Gasteiger partial charge in [-0.05, 0) is 67.6 Å². The Balaban J connectivity index is 1.60. The second kappa shape index (κ2) is 12.5. The van der Waals surface area contributed by atoms with E-state index in [0.717, 1.165) is 25.7 Å². The van der Waals surface area contributed by atoms with Crippen LogP contribution in [0.3, 0.4) is 0 Å². The van der Waals surface area contributed by atoms with Crippen LogP contribution in [0.1, 0.15) is 66.4 Å². The zero-order valence-electron chi connectivity index (χ0n) is 20.6. The standard InChI is InChI=1S/C29H33FN2O4/c1-35-27-13-11-20(16-25(27)30)18-32-29(34)24-17-21(28-22(19-33)8-7-15-31-28)12-14-26(24)36-23-9-5-3-2-4-6-10-23/h7-8,11-17,23,33H,2-6,9-10,18-19H2,1H3,(H,32,34). The van der Waals surface area contributed by atoms with Gasteiger partial charge in [-0.25, -0.2) is 4.39 Å². The van der Waals surface area contributed by atoms with Crippen molar-refractivity contribution in [3.05, 3.63) is 77.2 Å². The van der Waals surface area contributed by atoms with Crippen LogP contribution in [0.2, 0.25) is 0 Å². The van der Waals surface area contributed by atoms with Gasteiger partial charge in [-0.3, -0.25) is 9.78 Å².